The van der Waals surface area contributed by atoms with Crippen molar-refractivity contribution in [3.63, 3.8) is 0 Å². The number of nitrogens with two attached hydrogens (primary N) is 1. The summed E-state index contributed by atoms with van der Waals surface area (Å²) in [6, 6.07) is 28.6. The number of piperidine rings is 1. The van der Waals surface area contributed by atoms with Crippen LogP contribution >= 0.6 is 0 Å². The molecule has 0 bridgehead atoms. The zero-order valence-electron chi connectivity index (χ0n) is 17.8. The third-order valence-electron chi connectivity index (χ3n) is 5.98. The van der Waals surface area contributed by atoms with E-state index in [0.29, 0.717) is 5.56 Å². The molecular weight excluding hydrogens is 384 g/mol. The summed E-state index contributed by atoms with van der Waals surface area (Å²) in [5.74, 6) is -0.385. The Labute approximate surface area is 184 Å². The van der Waals surface area contributed by atoms with Gasteiger partial charge in [-0.3, -0.25) is 9.69 Å². The third kappa shape index (κ3) is 5.60. The molecule has 4 nitrogen and oxygen atoms in total. The molecule has 3 aromatic carbocycles. The minimum atomic E-state index is -0.385. The zero-order chi connectivity index (χ0) is 21.5. The van der Waals surface area contributed by atoms with Crippen molar-refractivity contribution in [2.24, 2.45) is 5.73 Å². The minimum Gasteiger partial charge on any atom is -0.366 e. The fourth-order valence-electron chi connectivity index (χ4n) is 4.24. The molecule has 0 saturated carbocycles. The second kappa shape index (κ2) is 10.4. The molecule has 0 aliphatic carbocycles. The number of carbonyl (C=O) groups excluding carboxylic acids is 1. The molecule has 4 rings (SSSR count). The molecule has 4 heteroatoms. The standard InChI is InChI=1S/C27H30N2O2/c28-27(30)24-16-14-21(15-17-24)18-20-29-19-8-7-13-25(29)31-26(22-9-3-1-4-10-22)23-11-5-2-6-12-23/h1-6,9-12,14-17,25-26H,7-8,13,18-20H2,(H2,28,30). The number of hydrogen-bond acceptors (Lipinski definition) is 3. The maximum Gasteiger partial charge on any atom is 0.248 e. The van der Waals surface area contributed by atoms with E-state index in [9.17, 15) is 4.79 Å². The highest BCUT2D eigenvalue weighted by Crippen LogP contribution is 2.31. The first-order valence-electron chi connectivity index (χ1n) is 11.1. The molecule has 1 unspecified atom stereocenters. The number of rotatable bonds is 8. The van der Waals surface area contributed by atoms with E-state index in [1.165, 1.54) is 29.5 Å². The predicted molar refractivity (Wildman–Crippen MR) is 124 cm³/mol. The highest BCUT2D eigenvalue weighted by molar-refractivity contribution is 5.92. The lowest BCUT2D eigenvalue weighted by Crippen LogP contribution is -2.43. The van der Waals surface area contributed by atoms with E-state index in [4.69, 9.17) is 10.5 Å². The summed E-state index contributed by atoms with van der Waals surface area (Å²) in [5.41, 5.74) is 9.47. The number of nitrogens with zero attached hydrogens (tertiary/aromatic N) is 1. The molecule has 1 atom stereocenters. The summed E-state index contributed by atoms with van der Waals surface area (Å²) < 4.78 is 6.78. The molecular formula is C27H30N2O2. The van der Waals surface area contributed by atoms with Gasteiger partial charge in [-0.05, 0) is 54.5 Å². The second-order valence-electron chi connectivity index (χ2n) is 8.14. The van der Waals surface area contributed by atoms with Gasteiger partial charge in [-0.2, -0.15) is 0 Å². The van der Waals surface area contributed by atoms with Crippen LogP contribution in [-0.2, 0) is 11.2 Å². The number of hydrogen-bond donors (Lipinski definition) is 1. The van der Waals surface area contributed by atoms with Crippen LogP contribution in [0.2, 0.25) is 0 Å². The van der Waals surface area contributed by atoms with Gasteiger partial charge in [-0.25, -0.2) is 0 Å². The molecule has 160 valence electrons. The van der Waals surface area contributed by atoms with Gasteiger partial charge in [0.2, 0.25) is 5.91 Å². The molecule has 1 amide bonds. The Balaban J connectivity index is 1.47. The fraction of sp³-hybridized carbons (Fsp3) is 0.296. The summed E-state index contributed by atoms with van der Waals surface area (Å²) >= 11 is 0. The number of benzene rings is 3. The van der Waals surface area contributed by atoms with Crippen molar-refractivity contribution >= 4 is 5.91 Å². The zero-order valence-corrected chi connectivity index (χ0v) is 17.8. The Hall–Kier alpha value is -2.95. The Bertz CT molecular complexity index is 918. The average molecular weight is 415 g/mol. The van der Waals surface area contributed by atoms with Gasteiger partial charge < -0.3 is 10.5 Å². The van der Waals surface area contributed by atoms with Crippen molar-refractivity contribution in [2.75, 3.05) is 13.1 Å². The Kier molecular flexibility index (Phi) is 7.13. The normalized spacial score (nSPS) is 17.0. The van der Waals surface area contributed by atoms with Gasteiger partial charge in [0.05, 0.1) is 0 Å². The van der Waals surface area contributed by atoms with Crippen molar-refractivity contribution in [3.8, 4) is 0 Å². The first-order chi connectivity index (χ1) is 15.2. The number of carbonyl (C=O) groups is 1. The SMILES string of the molecule is NC(=O)c1ccc(CCN2CCCCC2OC(c2ccccc2)c2ccccc2)cc1. The minimum absolute atomic E-state index is 0.0807. The largest absolute Gasteiger partial charge is 0.366 e. The molecule has 1 heterocycles. The molecule has 0 radical (unpaired) electrons. The summed E-state index contributed by atoms with van der Waals surface area (Å²) in [6.45, 7) is 1.97. The number of likely N-dealkylation sites (tertiary alicyclic amines) is 1. The predicted octanol–water partition coefficient (Wildman–Crippen LogP) is 4.95. The van der Waals surface area contributed by atoms with E-state index in [-0.39, 0.29) is 18.2 Å². The van der Waals surface area contributed by atoms with Crippen LogP contribution in [0.15, 0.2) is 84.9 Å². The summed E-state index contributed by atoms with van der Waals surface area (Å²) in [6.07, 6.45) is 4.34. The number of amides is 1. The molecule has 1 aliphatic rings. The highest BCUT2D eigenvalue weighted by atomic mass is 16.5. The summed E-state index contributed by atoms with van der Waals surface area (Å²) in [5, 5.41) is 0. The van der Waals surface area contributed by atoms with Crippen LogP contribution in [0.4, 0.5) is 0 Å². The molecule has 1 saturated heterocycles. The van der Waals surface area contributed by atoms with E-state index >= 15 is 0 Å². The van der Waals surface area contributed by atoms with E-state index < -0.39 is 0 Å². The molecule has 0 aromatic heterocycles. The van der Waals surface area contributed by atoms with E-state index in [1.807, 2.05) is 36.4 Å². The van der Waals surface area contributed by atoms with Crippen LogP contribution in [0, 0.1) is 0 Å². The van der Waals surface area contributed by atoms with Gasteiger partial charge in [0.25, 0.3) is 0 Å². The molecule has 2 N–H and O–H groups in total. The molecule has 0 spiro atoms. The quantitative estimate of drug-likeness (QED) is 0.568. The van der Waals surface area contributed by atoms with Gasteiger partial charge >= 0.3 is 0 Å². The van der Waals surface area contributed by atoms with Crippen molar-refractivity contribution < 1.29 is 9.53 Å². The van der Waals surface area contributed by atoms with E-state index in [1.54, 1.807) is 0 Å². The number of primary amides is 1. The van der Waals surface area contributed by atoms with Crippen LogP contribution in [0.1, 0.15) is 52.4 Å². The van der Waals surface area contributed by atoms with Gasteiger partial charge in [0.15, 0.2) is 0 Å². The summed E-state index contributed by atoms with van der Waals surface area (Å²) in [4.78, 5) is 13.8. The smallest absolute Gasteiger partial charge is 0.248 e. The average Bonchev–Trinajstić information content (AvgIpc) is 2.83. The van der Waals surface area contributed by atoms with Gasteiger partial charge in [0, 0.05) is 18.7 Å². The maximum absolute atomic E-state index is 11.3. The lowest BCUT2D eigenvalue weighted by Gasteiger charge is -2.38. The van der Waals surface area contributed by atoms with Crippen LogP contribution in [-0.4, -0.2) is 30.1 Å². The Morgan fingerprint density at radius 1 is 0.903 bits per heavy atom. The third-order valence-corrected chi connectivity index (χ3v) is 5.98. The first kappa shape index (κ1) is 21.3. The lowest BCUT2D eigenvalue weighted by atomic mass is 10.0. The number of ether oxygens (including phenoxy) is 1. The van der Waals surface area contributed by atoms with Crippen LogP contribution < -0.4 is 5.73 Å². The van der Waals surface area contributed by atoms with Crippen molar-refractivity contribution in [1.29, 1.82) is 0 Å². The van der Waals surface area contributed by atoms with Crippen LogP contribution in [0.25, 0.3) is 0 Å². The van der Waals surface area contributed by atoms with Crippen molar-refractivity contribution in [2.45, 2.75) is 38.0 Å². The van der Waals surface area contributed by atoms with E-state index in [0.717, 1.165) is 25.9 Å². The topological polar surface area (TPSA) is 55.6 Å². The molecule has 3 aromatic rings. The van der Waals surface area contributed by atoms with Gasteiger partial charge in [-0.15, -0.1) is 0 Å². The van der Waals surface area contributed by atoms with Crippen molar-refractivity contribution in [1.82, 2.24) is 4.90 Å². The lowest BCUT2D eigenvalue weighted by molar-refractivity contribution is -0.105. The first-order valence-corrected chi connectivity index (χ1v) is 11.1. The monoisotopic (exact) mass is 414 g/mol. The fourth-order valence-corrected chi connectivity index (χ4v) is 4.24. The van der Waals surface area contributed by atoms with E-state index in [2.05, 4.69) is 53.4 Å². The molecule has 31 heavy (non-hydrogen) atoms. The van der Waals surface area contributed by atoms with Gasteiger partial charge in [-0.1, -0.05) is 72.8 Å². The summed E-state index contributed by atoms with van der Waals surface area (Å²) in [7, 11) is 0. The van der Waals surface area contributed by atoms with Crippen LogP contribution in [0.3, 0.4) is 0 Å². The molecule has 1 fully saturated rings. The highest BCUT2D eigenvalue weighted by Gasteiger charge is 2.27. The second-order valence-corrected chi connectivity index (χ2v) is 8.14. The van der Waals surface area contributed by atoms with Crippen LogP contribution in [0.5, 0.6) is 0 Å². The maximum atomic E-state index is 11.3. The Morgan fingerprint density at radius 2 is 1.52 bits per heavy atom. The Morgan fingerprint density at radius 3 is 2.10 bits per heavy atom. The van der Waals surface area contributed by atoms with Gasteiger partial charge in [0.1, 0.15) is 12.3 Å². The molecule has 1 aliphatic heterocycles. The van der Waals surface area contributed by atoms with Crippen molar-refractivity contribution in [3.05, 3.63) is 107 Å².